The highest BCUT2D eigenvalue weighted by Crippen LogP contribution is 2.12. The van der Waals surface area contributed by atoms with E-state index in [2.05, 4.69) is 10.3 Å². The molecule has 0 saturated carbocycles. The minimum atomic E-state index is 0.133. The van der Waals surface area contributed by atoms with Crippen molar-refractivity contribution in [1.29, 1.82) is 0 Å². The van der Waals surface area contributed by atoms with Crippen LogP contribution in [0.25, 0.3) is 0 Å². The third-order valence-corrected chi connectivity index (χ3v) is 2.80. The van der Waals surface area contributed by atoms with Gasteiger partial charge in [-0.25, -0.2) is 4.98 Å². The van der Waals surface area contributed by atoms with Gasteiger partial charge < -0.3 is 14.8 Å². The van der Waals surface area contributed by atoms with Crippen LogP contribution in [0, 0.1) is 0 Å². The first-order valence-electron chi connectivity index (χ1n) is 5.66. The molecule has 2 N–H and O–H groups in total. The Morgan fingerprint density at radius 1 is 1.53 bits per heavy atom. The zero-order valence-corrected chi connectivity index (χ0v) is 8.91. The summed E-state index contributed by atoms with van der Waals surface area (Å²) >= 11 is 0. The molecule has 0 aliphatic carbocycles. The van der Waals surface area contributed by atoms with Crippen molar-refractivity contribution in [2.75, 3.05) is 13.2 Å². The third kappa shape index (κ3) is 3.04. The van der Waals surface area contributed by atoms with E-state index in [4.69, 9.17) is 9.52 Å². The Morgan fingerprint density at radius 3 is 3.20 bits per heavy atom. The van der Waals surface area contributed by atoms with Crippen molar-refractivity contribution in [1.82, 2.24) is 10.3 Å². The number of piperidine rings is 1. The Hall–Kier alpha value is -0.870. The van der Waals surface area contributed by atoms with Gasteiger partial charge in [0.05, 0.1) is 5.69 Å². The van der Waals surface area contributed by atoms with E-state index in [1.165, 1.54) is 19.3 Å². The van der Waals surface area contributed by atoms with Crippen LogP contribution in [0.15, 0.2) is 10.7 Å². The van der Waals surface area contributed by atoms with E-state index in [-0.39, 0.29) is 6.61 Å². The average Bonchev–Trinajstić information content (AvgIpc) is 2.68. The second kappa shape index (κ2) is 5.28. The molecule has 1 aliphatic heterocycles. The van der Waals surface area contributed by atoms with Crippen LogP contribution in [-0.4, -0.2) is 29.3 Å². The van der Waals surface area contributed by atoms with Crippen molar-refractivity contribution in [2.45, 2.75) is 38.1 Å². The van der Waals surface area contributed by atoms with Crippen molar-refractivity contribution in [3.05, 3.63) is 17.8 Å². The summed E-state index contributed by atoms with van der Waals surface area (Å²) < 4.78 is 5.36. The lowest BCUT2D eigenvalue weighted by Gasteiger charge is -2.21. The van der Waals surface area contributed by atoms with Gasteiger partial charge >= 0.3 is 0 Å². The Kier molecular flexibility index (Phi) is 3.75. The first kappa shape index (κ1) is 10.6. The summed E-state index contributed by atoms with van der Waals surface area (Å²) in [6.45, 7) is 1.24. The lowest BCUT2D eigenvalue weighted by Crippen LogP contribution is -2.35. The molecule has 0 amide bonds. The molecule has 1 saturated heterocycles. The molecular formula is C11H18N2O2. The smallest absolute Gasteiger partial charge is 0.195 e. The van der Waals surface area contributed by atoms with E-state index in [1.807, 2.05) is 0 Å². The molecule has 4 nitrogen and oxygen atoms in total. The maximum Gasteiger partial charge on any atom is 0.195 e. The van der Waals surface area contributed by atoms with E-state index in [9.17, 15) is 0 Å². The first-order valence-corrected chi connectivity index (χ1v) is 5.66. The van der Waals surface area contributed by atoms with Crippen molar-refractivity contribution in [3.63, 3.8) is 0 Å². The molecule has 1 aliphatic rings. The first-order chi connectivity index (χ1) is 7.38. The highest BCUT2D eigenvalue weighted by atomic mass is 16.3. The van der Waals surface area contributed by atoms with Crippen molar-refractivity contribution in [3.8, 4) is 0 Å². The van der Waals surface area contributed by atoms with Crippen LogP contribution >= 0.6 is 0 Å². The quantitative estimate of drug-likeness (QED) is 0.775. The van der Waals surface area contributed by atoms with Gasteiger partial charge in [0.15, 0.2) is 5.89 Å². The van der Waals surface area contributed by atoms with Crippen LogP contribution in [0.3, 0.4) is 0 Å². The van der Waals surface area contributed by atoms with Crippen LogP contribution in [0.4, 0.5) is 0 Å². The van der Waals surface area contributed by atoms with Crippen LogP contribution < -0.4 is 5.32 Å². The van der Waals surface area contributed by atoms with Gasteiger partial charge in [-0.2, -0.15) is 0 Å². The molecule has 1 fully saturated rings. The summed E-state index contributed by atoms with van der Waals surface area (Å²) in [6.07, 6.45) is 6.87. The molecular weight excluding hydrogens is 192 g/mol. The normalized spacial score (nSPS) is 21.8. The molecule has 1 unspecified atom stereocenters. The number of oxazole rings is 1. The van der Waals surface area contributed by atoms with Crippen LogP contribution in [-0.2, 0) is 12.8 Å². The molecule has 4 heteroatoms. The van der Waals surface area contributed by atoms with Gasteiger partial charge in [0, 0.05) is 25.5 Å². The SMILES string of the molecule is OCCc1coc(CC2CCCCN2)n1. The van der Waals surface area contributed by atoms with Crippen LogP contribution in [0.1, 0.15) is 30.8 Å². The Balaban J connectivity index is 1.86. The summed E-state index contributed by atoms with van der Waals surface area (Å²) in [5.41, 5.74) is 0.850. The summed E-state index contributed by atoms with van der Waals surface area (Å²) in [6, 6.07) is 0.513. The van der Waals surface area contributed by atoms with Crippen LogP contribution in [0.2, 0.25) is 0 Å². The lowest BCUT2D eigenvalue weighted by atomic mass is 10.0. The third-order valence-electron chi connectivity index (χ3n) is 2.80. The Bertz CT molecular complexity index is 293. The summed E-state index contributed by atoms with van der Waals surface area (Å²) in [7, 11) is 0. The summed E-state index contributed by atoms with van der Waals surface area (Å²) in [4.78, 5) is 4.33. The number of hydrogen-bond donors (Lipinski definition) is 2. The zero-order chi connectivity index (χ0) is 10.5. The Labute approximate surface area is 89.7 Å². The fraction of sp³-hybridized carbons (Fsp3) is 0.727. The standard InChI is InChI=1S/C11H18N2O2/c14-6-4-10-8-15-11(13-10)7-9-3-1-2-5-12-9/h8-9,12,14H,1-7H2. The van der Waals surface area contributed by atoms with Gasteiger partial charge in [-0.3, -0.25) is 0 Å². The lowest BCUT2D eigenvalue weighted by molar-refractivity contribution is 0.298. The number of nitrogens with zero attached hydrogens (tertiary/aromatic N) is 1. The molecule has 15 heavy (non-hydrogen) atoms. The maximum absolute atomic E-state index is 8.76. The van der Waals surface area contributed by atoms with Gasteiger partial charge in [-0.15, -0.1) is 0 Å². The number of aliphatic hydroxyl groups is 1. The minimum absolute atomic E-state index is 0.133. The minimum Gasteiger partial charge on any atom is -0.449 e. The van der Waals surface area contributed by atoms with Crippen LogP contribution in [0.5, 0.6) is 0 Å². The van der Waals surface area contributed by atoms with Gasteiger partial charge in [-0.05, 0) is 19.4 Å². The van der Waals surface area contributed by atoms with E-state index in [1.54, 1.807) is 6.26 Å². The second-order valence-electron chi connectivity index (χ2n) is 4.06. The highest BCUT2D eigenvalue weighted by molar-refractivity contribution is 4.98. The zero-order valence-electron chi connectivity index (χ0n) is 8.91. The number of aromatic nitrogens is 1. The molecule has 0 spiro atoms. The molecule has 84 valence electrons. The second-order valence-corrected chi connectivity index (χ2v) is 4.06. The topological polar surface area (TPSA) is 58.3 Å². The van der Waals surface area contributed by atoms with Gasteiger partial charge in [0.1, 0.15) is 6.26 Å². The van der Waals surface area contributed by atoms with Crippen molar-refractivity contribution in [2.24, 2.45) is 0 Å². The molecule has 0 radical (unpaired) electrons. The average molecular weight is 210 g/mol. The summed E-state index contributed by atoms with van der Waals surface area (Å²) in [5.74, 6) is 0.790. The number of rotatable bonds is 4. The summed E-state index contributed by atoms with van der Waals surface area (Å²) in [5, 5.41) is 12.2. The van der Waals surface area contributed by atoms with Crippen molar-refractivity contribution < 1.29 is 9.52 Å². The fourth-order valence-electron chi connectivity index (χ4n) is 1.98. The van der Waals surface area contributed by atoms with E-state index >= 15 is 0 Å². The van der Waals surface area contributed by atoms with E-state index in [0.29, 0.717) is 12.5 Å². The molecule has 1 aromatic heterocycles. The molecule has 2 heterocycles. The maximum atomic E-state index is 8.76. The van der Waals surface area contributed by atoms with Gasteiger partial charge in [0.25, 0.3) is 0 Å². The highest BCUT2D eigenvalue weighted by Gasteiger charge is 2.15. The molecule has 1 atom stereocenters. The number of hydrogen-bond acceptors (Lipinski definition) is 4. The predicted octanol–water partition coefficient (Wildman–Crippen LogP) is 0.894. The van der Waals surface area contributed by atoms with Gasteiger partial charge in [0.2, 0.25) is 0 Å². The number of nitrogens with one attached hydrogen (secondary N) is 1. The Morgan fingerprint density at radius 2 is 2.47 bits per heavy atom. The largest absolute Gasteiger partial charge is 0.449 e. The fourth-order valence-corrected chi connectivity index (χ4v) is 1.98. The van der Waals surface area contributed by atoms with E-state index in [0.717, 1.165) is 24.6 Å². The number of aliphatic hydroxyl groups excluding tert-OH is 1. The molecule has 0 bridgehead atoms. The molecule has 0 aromatic carbocycles. The van der Waals surface area contributed by atoms with Crippen molar-refractivity contribution >= 4 is 0 Å². The molecule has 2 rings (SSSR count). The monoisotopic (exact) mass is 210 g/mol. The molecule has 1 aromatic rings. The van der Waals surface area contributed by atoms with E-state index < -0.39 is 0 Å². The van der Waals surface area contributed by atoms with Gasteiger partial charge in [-0.1, -0.05) is 6.42 Å². The predicted molar refractivity (Wildman–Crippen MR) is 56.6 cm³/mol.